The first-order valence-electron chi connectivity index (χ1n) is 4.85. The maximum Gasteiger partial charge on any atom is 0.141 e. The van der Waals surface area contributed by atoms with Gasteiger partial charge >= 0.3 is 0 Å². The molecule has 0 saturated carbocycles. The molecule has 0 fully saturated rings. The fourth-order valence-electron chi connectivity index (χ4n) is 0.976. The molecule has 0 bridgehead atoms. The van der Waals surface area contributed by atoms with E-state index < -0.39 is 8.07 Å². The smallest absolute Gasteiger partial charge is 0.141 e. The zero-order valence-corrected chi connectivity index (χ0v) is 13.2. The molecular formula is C9H16ClIN2OSi. The lowest BCUT2D eigenvalue weighted by molar-refractivity contribution is 0.0783. The zero-order valence-electron chi connectivity index (χ0n) is 9.26. The van der Waals surface area contributed by atoms with E-state index in [0.717, 1.165) is 10.3 Å². The van der Waals surface area contributed by atoms with E-state index in [-0.39, 0.29) is 0 Å². The fourth-order valence-corrected chi connectivity index (χ4v) is 2.30. The van der Waals surface area contributed by atoms with Crippen LogP contribution < -0.4 is 0 Å². The monoisotopic (exact) mass is 358 g/mol. The van der Waals surface area contributed by atoms with Crippen molar-refractivity contribution in [2.24, 2.45) is 0 Å². The van der Waals surface area contributed by atoms with Crippen molar-refractivity contribution in [1.29, 1.82) is 0 Å². The fraction of sp³-hybridized carbons (Fsp3) is 0.667. The van der Waals surface area contributed by atoms with Gasteiger partial charge in [0.15, 0.2) is 0 Å². The summed E-state index contributed by atoms with van der Waals surface area (Å²) >= 11 is 7.98. The third kappa shape index (κ3) is 5.33. The predicted molar refractivity (Wildman–Crippen MR) is 74.1 cm³/mol. The number of halogens is 2. The van der Waals surface area contributed by atoms with Crippen LogP contribution in [0.4, 0.5) is 0 Å². The van der Waals surface area contributed by atoms with Gasteiger partial charge in [-0.15, -0.1) is 0 Å². The Kier molecular flexibility index (Phi) is 5.08. The van der Waals surface area contributed by atoms with Crippen LogP contribution in [0.25, 0.3) is 0 Å². The van der Waals surface area contributed by atoms with E-state index in [1.54, 1.807) is 10.9 Å². The second-order valence-corrected chi connectivity index (χ2v) is 11.7. The van der Waals surface area contributed by atoms with Crippen molar-refractivity contribution in [2.75, 3.05) is 6.61 Å². The van der Waals surface area contributed by atoms with E-state index >= 15 is 0 Å². The van der Waals surface area contributed by atoms with Gasteiger partial charge in [-0.25, -0.2) is 4.68 Å². The van der Waals surface area contributed by atoms with Gasteiger partial charge < -0.3 is 4.74 Å². The van der Waals surface area contributed by atoms with Crippen LogP contribution in [0.3, 0.4) is 0 Å². The molecule has 1 aromatic rings. The molecule has 1 rings (SSSR count). The van der Waals surface area contributed by atoms with Crippen LogP contribution in [0.1, 0.15) is 0 Å². The van der Waals surface area contributed by atoms with Crippen LogP contribution in [0.5, 0.6) is 0 Å². The molecule has 1 aromatic heterocycles. The molecule has 0 saturated heterocycles. The SMILES string of the molecule is C[Si](C)(C)CCOCn1cc(Cl)c(I)n1. The average Bonchev–Trinajstić information content (AvgIpc) is 2.39. The molecular weight excluding hydrogens is 343 g/mol. The van der Waals surface area contributed by atoms with Crippen molar-refractivity contribution in [3.8, 4) is 0 Å². The van der Waals surface area contributed by atoms with Gasteiger partial charge in [0.05, 0.1) is 5.02 Å². The summed E-state index contributed by atoms with van der Waals surface area (Å²) in [4.78, 5) is 0. The summed E-state index contributed by atoms with van der Waals surface area (Å²) in [6.07, 6.45) is 1.79. The van der Waals surface area contributed by atoms with E-state index in [2.05, 4.69) is 47.3 Å². The van der Waals surface area contributed by atoms with Crippen molar-refractivity contribution < 1.29 is 4.74 Å². The Labute approximate surface area is 110 Å². The molecule has 0 aromatic carbocycles. The minimum Gasteiger partial charge on any atom is -0.360 e. The Bertz CT molecular complexity index is 305. The van der Waals surface area contributed by atoms with Gasteiger partial charge in [-0.3, -0.25) is 0 Å². The number of hydrogen-bond acceptors (Lipinski definition) is 2. The van der Waals surface area contributed by atoms with Crippen molar-refractivity contribution in [2.45, 2.75) is 32.4 Å². The number of rotatable bonds is 5. The van der Waals surface area contributed by atoms with Gasteiger partial charge in [0.1, 0.15) is 10.4 Å². The van der Waals surface area contributed by atoms with Crippen LogP contribution in [0.15, 0.2) is 6.20 Å². The molecule has 0 spiro atoms. The summed E-state index contributed by atoms with van der Waals surface area (Å²) in [6.45, 7) is 8.31. The Morgan fingerprint density at radius 1 is 1.53 bits per heavy atom. The number of hydrogen-bond donors (Lipinski definition) is 0. The first-order valence-corrected chi connectivity index (χ1v) is 10.0. The minimum absolute atomic E-state index is 0.493. The summed E-state index contributed by atoms with van der Waals surface area (Å²) in [7, 11) is -0.983. The molecule has 0 radical (unpaired) electrons. The average molecular weight is 359 g/mol. The molecule has 1 heterocycles. The molecule has 15 heavy (non-hydrogen) atoms. The molecule has 0 N–H and O–H groups in total. The van der Waals surface area contributed by atoms with Crippen LogP contribution in [0, 0.1) is 3.70 Å². The van der Waals surface area contributed by atoms with Crippen LogP contribution in [-0.4, -0.2) is 24.5 Å². The van der Waals surface area contributed by atoms with Gasteiger partial charge in [0.2, 0.25) is 0 Å². The van der Waals surface area contributed by atoms with E-state index in [1.807, 2.05) is 0 Å². The molecule has 0 atom stereocenters. The van der Waals surface area contributed by atoms with Gasteiger partial charge in [-0.1, -0.05) is 31.2 Å². The quantitative estimate of drug-likeness (QED) is 0.458. The lowest BCUT2D eigenvalue weighted by Gasteiger charge is -2.15. The van der Waals surface area contributed by atoms with Crippen molar-refractivity contribution in [1.82, 2.24) is 9.78 Å². The molecule has 0 aliphatic rings. The van der Waals surface area contributed by atoms with E-state index in [0.29, 0.717) is 11.8 Å². The highest BCUT2D eigenvalue weighted by molar-refractivity contribution is 14.1. The molecule has 86 valence electrons. The summed E-state index contributed by atoms with van der Waals surface area (Å²) in [6, 6.07) is 1.18. The Morgan fingerprint density at radius 3 is 2.67 bits per heavy atom. The zero-order chi connectivity index (χ0) is 11.5. The molecule has 0 unspecified atom stereocenters. The summed E-state index contributed by atoms with van der Waals surface area (Å²) in [5.74, 6) is 0. The third-order valence-corrected chi connectivity index (χ3v) is 4.99. The normalized spacial score (nSPS) is 12.1. The molecule has 0 amide bonds. The van der Waals surface area contributed by atoms with Crippen LogP contribution in [0.2, 0.25) is 30.7 Å². The standard InChI is InChI=1S/C9H16ClIN2OSi/c1-15(2,3)5-4-14-7-13-6-8(10)9(11)12-13/h6H,4-5,7H2,1-3H3. The van der Waals surface area contributed by atoms with Crippen LogP contribution >= 0.6 is 34.2 Å². The Balaban J connectivity index is 2.26. The maximum absolute atomic E-state index is 5.88. The Hall–Kier alpha value is 0.407. The van der Waals surface area contributed by atoms with Gasteiger partial charge in [-0.2, -0.15) is 5.10 Å². The largest absolute Gasteiger partial charge is 0.360 e. The minimum atomic E-state index is -0.983. The highest BCUT2D eigenvalue weighted by atomic mass is 127. The van der Waals surface area contributed by atoms with E-state index in [1.165, 1.54) is 6.04 Å². The molecule has 0 aliphatic heterocycles. The van der Waals surface area contributed by atoms with Crippen LogP contribution in [-0.2, 0) is 11.5 Å². The number of aromatic nitrogens is 2. The maximum atomic E-state index is 5.88. The summed E-state index contributed by atoms with van der Waals surface area (Å²) in [5.41, 5.74) is 0. The summed E-state index contributed by atoms with van der Waals surface area (Å²) < 4.78 is 8.09. The van der Waals surface area contributed by atoms with E-state index in [4.69, 9.17) is 16.3 Å². The lowest BCUT2D eigenvalue weighted by atomic mass is 10.7. The highest BCUT2D eigenvalue weighted by Crippen LogP contribution is 2.15. The van der Waals surface area contributed by atoms with E-state index in [9.17, 15) is 0 Å². The molecule has 6 heteroatoms. The number of nitrogens with zero attached hydrogens (tertiary/aromatic N) is 2. The highest BCUT2D eigenvalue weighted by Gasteiger charge is 2.12. The van der Waals surface area contributed by atoms with Crippen molar-refractivity contribution in [3.63, 3.8) is 0 Å². The first-order chi connectivity index (χ1) is 6.88. The molecule has 0 aliphatic carbocycles. The van der Waals surface area contributed by atoms with Crippen molar-refractivity contribution in [3.05, 3.63) is 14.9 Å². The summed E-state index contributed by atoms with van der Waals surface area (Å²) in [5, 5.41) is 4.89. The second-order valence-electron chi connectivity index (χ2n) is 4.66. The third-order valence-electron chi connectivity index (χ3n) is 1.90. The van der Waals surface area contributed by atoms with Crippen molar-refractivity contribution >= 4 is 42.3 Å². The second kappa shape index (κ2) is 5.65. The molecule has 3 nitrogen and oxygen atoms in total. The van der Waals surface area contributed by atoms with Gasteiger partial charge in [0, 0.05) is 20.9 Å². The topological polar surface area (TPSA) is 27.1 Å². The first kappa shape index (κ1) is 13.5. The lowest BCUT2D eigenvalue weighted by Crippen LogP contribution is -2.22. The van der Waals surface area contributed by atoms with Gasteiger partial charge in [0.25, 0.3) is 0 Å². The Morgan fingerprint density at radius 2 is 2.20 bits per heavy atom. The number of ether oxygens (including phenoxy) is 1. The van der Waals surface area contributed by atoms with Gasteiger partial charge in [-0.05, 0) is 28.6 Å². The predicted octanol–water partition coefficient (Wildman–Crippen LogP) is 3.45.